The predicted octanol–water partition coefficient (Wildman–Crippen LogP) is 1.40. The fourth-order valence-corrected chi connectivity index (χ4v) is 1.48. The number of aromatic amines is 1. The minimum atomic E-state index is -1.24. The number of ether oxygens (including phenoxy) is 1. The molecule has 0 atom stereocenters. The monoisotopic (exact) mass is 239 g/mol. The lowest BCUT2D eigenvalue weighted by Gasteiger charge is -2.03. The number of esters is 1. The molecule has 8 heteroatoms. The van der Waals surface area contributed by atoms with Crippen molar-refractivity contribution in [2.45, 2.75) is 0 Å². The van der Waals surface area contributed by atoms with E-state index in [4.69, 9.17) is 0 Å². The number of hydrogen-bond donors (Lipinski definition) is 1. The maximum Gasteiger partial charge on any atom is 0.343 e. The van der Waals surface area contributed by atoms with Crippen LogP contribution in [0, 0.1) is 15.9 Å². The van der Waals surface area contributed by atoms with Crippen molar-refractivity contribution >= 4 is 22.6 Å². The number of nitro groups is 1. The van der Waals surface area contributed by atoms with Gasteiger partial charge < -0.3 is 4.74 Å². The van der Waals surface area contributed by atoms with Crippen molar-refractivity contribution in [1.82, 2.24) is 10.2 Å². The molecular formula is C9H6FN3O4. The molecule has 2 aromatic rings. The summed E-state index contributed by atoms with van der Waals surface area (Å²) in [5.74, 6) is -2.24. The van der Waals surface area contributed by atoms with Gasteiger partial charge in [-0.2, -0.15) is 9.49 Å². The summed E-state index contributed by atoms with van der Waals surface area (Å²) in [6.07, 6.45) is 1.26. The van der Waals surface area contributed by atoms with Gasteiger partial charge in [-0.05, 0) is 0 Å². The highest BCUT2D eigenvalue weighted by Crippen LogP contribution is 2.28. The minimum Gasteiger partial charge on any atom is -0.465 e. The topological polar surface area (TPSA) is 98.1 Å². The van der Waals surface area contributed by atoms with Crippen LogP contribution in [0.15, 0.2) is 12.3 Å². The lowest BCUT2D eigenvalue weighted by molar-refractivity contribution is -0.387. The quantitative estimate of drug-likeness (QED) is 0.485. The molecule has 88 valence electrons. The number of hydrogen-bond acceptors (Lipinski definition) is 5. The van der Waals surface area contributed by atoms with E-state index in [1.54, 1.807) is 0 Å². The Morgan fingerprint density at radius 2 is 2.35 bits per heavy atom. The van der Waals surface area contributed by atoms with E-state index < -0.39 is 28.0 Å². The Labute approximate surface area is 93.3 Å². The van der Waals surface area contributed by atoms with Crippen LogP contribution in [0.1, 0.15) is 10.4 Å². The van der Waals surface area contributed by atoms with E-state index in [2.05, 4.69) is 14.9 Å². The number of nitro benzene ring substituents is 1. The summed E-state index contributed by atoms with van der Waals surface area (Å²) in [6, 6.07) is 1.00. The largest absolute Gasteiger partial charge is 0.465 e. The van der Waals surface area contributed by atoms with Crippen molar-refractivity contribution in [2.75, 3.05) is 7.11 Å². The first-order valence-electron chi connectivity index (χ1n) is 4.44. The van der Waals surface area contributed by atoms with Crippen LogP contribution in [0.25, 0.3) is 10.9 Å². The van der Waals surface area contributed by atoms with Crippen molar-refractivity contribution in [3.05, 3.63) is 33.8 Å². The lowest BCUT2D eigenvalue weighted by Crippen LogP contribution is -2.08. The Balaban J connectivity index is 2.85. The molecule has 0 spiro atoms. The molecule has 0 bridgehead atoms. The number of carbonyl (C=O) groups is 1. The summed E-state index contributed by atoms with van der Waals surface area (Å²) in [5, 5.41) is 16.9. The van der Waals surface area contributed by atoms with Gasteiger partial charge in [0.1, 0.15) is 5.56 Å². The van der Waals surface area contributed by atoms with E-state index in [9.17, 15) is 19.3 Å². The third-order valence-corrected chi connectivity index (χ3v) is 2.24. The number of H-pyrrole nitrogens is 1. The van der Waals surface area contributed by atoms with Crippen LogP contribution in [-0.2, 0) is 4.74 Å². The molecule has 7 nitrogen and oxygen atoms in total. The molecule has 0 aliphatic carbocycles. The van der Waals surface area contributed by atoms with Crippen LogP contribution in [0.4, 0.5) is 10.1 Å². The number of fused-ring (bicyclic) bond motifs is 1. The fourth-order valence-electron chi connectivity index (χ4n) is 1.48. The van der Waals surface area contributed by atoms with Crippen molar-refractivity contribution < 1.29 is 18.8 Å². The van der Waals surface area contributed by atoms with Gasteiger partial charge in [-0.1, -0.05) is 0 Å². The number of nitrogens with one attached hydrogen (secondary N) is 1. The van der Waals surface area contributed by atoms with Gasteiger partial charge in [0.2, 0.25) is 5.82 Å². The van der Waals surface area contributed by atoms with Crippen molar-refractivity contribution in [1.29, 1.82) is 0 Å². The van der Waals surface area contributed by atoms with Gasteiger partial charge in [0.05, 0.1) is 23.7 Å². The fraction of sp³-hybridized carbons (Fsp3) is 0.111. The summed E-state index contributed by atoms with van der Waals surface area (Å²) < 4.78 is 18.2. The zero-order chi connectivity index (χ0) is 12.6. The molecule has 17 heavy (non-hydrogen) atoms. The highest BCUT2D eigenvalue weighted by molar-refractivity contribution is 6.04. The third kappa shape index (κ3) is 1.59. The second kappa shape index (κ2) is 3.81. The minimum absolute atomic E-state index is 0.0694. The summed E-state index contributed by atoms with van der Waals surface area (Å²) in [4.78, 5) is 21.1. The number of methoxy groups -OCH3 is 1. The lowest BCUT2D eigenvalue weighted by atomic mass is 10.1. The van der Waals surface area contributed by atoms with Gasteiger partial charge in [0.25, 0.3) is 0 Å². The average Bonchev–Trinajstić information content (AvgIpc) is 2.74. The second-order valence-corrected chi connectivity index (χ2v) is 3.17. The Kier molecular flexibility index (Phi) is 2.47. The van der Waals surface area contributed by atoms with Crippen molar-refractivity contribution in [3.8, 4) is 0 Å². The number of rotatable bonds is 2. The summed E-state index contributed by atoms with van der Waals surface area (Å²) in [6.45, 7) is 0. The van der Waals surface area contributed by atoms with E-state index in [0.717, 1.165) is 13.2 Å². The number of nitrogens with zero attached hydrogens (tertiary/aromatic N) is 2. The van der Waals surface area contributed by atoms with E-state index in [-0.39, 0.29) is 10.9 Å². The molecule has 0 saturated heterocycles. The molecule has 0 aliphatic heterocycles. The van der Waals surface area contributed by atoms with Crippen LogP contribution in [0.2, 0.25) is 0 Å². The third-order valence-electron chi connectivity index (χ3n) is 2.24. The van der Waals surface area contributed by atoms with Crippen LogP contribution in [-0.4, -0.2) is 28.2 Å². The Bertz CT molecular complexity index is 622. The van der Waals surface area contributed by atoms with Gasteiger partial charge in [0, 0.05) is 11.5 Å². The van der Waals surface area contributed by atoms with Crippen molar-refractivity contribution in [2.24, 2.45) is 0 Å². The SMILES string of the molecule is COC(=O)c1c(F)c([N+](=O)[O-])cc2cn[nH]c12. The zero-order valence-corrected chi connectivity index (χ0v) is 8.56. The van der Waals surface area contributed by atoms with Crippen LogP contribution < -0.4 is 0 Å². The molecule has 0 saturated carbocycles. The number of halogens is 1. The molecule has 1 aromatic heterocycles. The number of carbonyl (C=O) groups excluding carboxylic acids is 1. The highest BCUT2D eigenvalue weighted by Gasteiger charge is 2.27. The van der Waals surface area contributed by atoms with E-state index >= 15 is 0 Å². The zero-order valence-electron chi connectivity index (χ0n) is 8.56. The van der Waals surface area contributed by atoms with Gasteiger partial charge in [-0.25, -0.2) is 4.79 Å². The summed E-state index contributed by atoms with van der Waals surface area (Å²) in [5.41, 5.74) is -1.24. The molecular weight excluding hydrogens is 233 g/mol. The maximum atomic E-state index is 13.8. The Morgan fingerprint density at radius 3 is 2.94 bits per heavy atom. The summed E-state index contributed by atoms with van der Waals surface area (Å²) in [7, 11) is 1.06. The van der Waals surface area contributed by atoms with Gasteiger partial charge in [0.15, 0.2) is 0 Å². The van der Waals surface area contributed by atoms with E-state index in [0.29, 0.717) is 0 Å². The van der Waals surface area contributed by atoms with E-state index in [1.807, 2.05) is 0 Å². The molecule has 0 radical (unpaired) electrons. The van der Waals surface area contributed by atoms with Gasteiger partial charge in [-0.3, -0.25) is 15.2 Å². The number of benzene rings is 1. The van der Waals surface area contributed by atoms with Gasteiger partial charge in [-0.15, -0.1) is 0 Å². The molecule has 1 aromatic carbocycles. The van der Waals surface area contributed by atoms with Crippen LogP contribution >= 0.6 is 0 Å². The molecule has 2 rings (SSSR count). The second-order valence-electron chi connectivity index (χ2n) is 3.17. The standard InChI is InChI=1S/C9H6FN3O4/c1-17-9(14)6-7(10)5(13(15)16)2-4-3-11-12-8(4)6/h2-3H,1H3,(H,11,12). The first kappa shape index (κ1) is 11.0. The normalized spacial score (nSPS) is 10.5. The average molecular weight is 239 g/mol. The summed E-state index contributed by atoms with van der Waals surface area (Å²) >= 11 is 0. The van der Waals surface area contributed by atoms with Gasteiger partial charge >= 0.3 is 11.7 Å². The first-order valence-corrected chi connectivity index (χ1v) is 4.44. The molecule has 1 N–H and O–H groups in total. The first-order chi connectivity index (χ1) is 8.06. The molecule has 0 aliphatic rings. The predicted molar refractivity (Wildman–Crippen MR) is 54.0 cm³/mol. The molecule has 1 heterocycles. The smallest absolute Gasteiger partial charge is 0.343 e. The molecule has 0 fully saturated rings. The van der Waals surface area contributed by atoms with Crippen molar-refractivity contribution in [3.63, 3.8) is 0 Å². The highest BCUT2D eigenvalue weighted by atomic mass is 19.1. The van der Waals surface area contributed by atoms with Crippen LogP contribution in [0.3, 0.4) is 0 Å². The Hall–Kier alpha value is -2.51. The maximum absolute atomic E-state index is 13.8. The Morgan fingerprint density at radius 1 is 1.65 bits per heavy atom. The van der Waals surface area contributed by atoms with Crippen LogP contribution in [0.5, 0.6) is 0 Å². The number of aromatic nitrogens is 2. The molecule has 0 unspecified atom stereocenters. The van der Waals surface area contributed by atoms with E-state index in [1.165, 1.54) is 6.20 Å². The molecule has 0 amide bonds.